The van der Waals surface area contributed by atoms with E-state index in [1.54, 1.807) is 0 Å². The summed E-state index contributed by atoms with van der Waals surface area (Å²) in [6.07, 6.45) is -0.624. The van der Waals surface area contributed by atoms with Gasteiger partial charge in [0.1, 0.15) is 11.9 Å². The minimum atomic E-state index is -1.32. The number of aliphatic hydroxyl groups is 1. The highest BCUT2D eigenvalue weighted by atomic mass is 35.5. The van der Waals surface area contributed by atoms with Crippen molar-refractivity contribution in [2.24, 2.45) is 0 Å². The zero-order valence-corrected chi connectivity index (χ0v) is 10.6. The molecule has 0 amide bonds. The van der Waals surface area contributed by atoms with E-state index < -0.39 is 11.9 Å². The molecule has 0 aliphatic heterocycles. The Kier molecular flexibility index (Phi) is 5.33. The second-order valence-corrected chi connectivity index (χ2v) is 3.95. The summed E-state index contributed by atoms with van der Waals surface area (Å²) in [5.41, 5.74) is 0.543. The number of methoxy groups -OCH3 is 2. The van der Waals surface area contributed by atoms with Crippen molar-refractivity contribution in [3.8, 4) is 0 Å². The zero-order valence-electron chi connectivity index (χ0n) is 9.82. The fourth-order valence-electron chi connectivity index (χ4n) is 1.76. The Balaban J connectivity index is 3.09. The molecular formula is C12H16ClFO3. The van der Waals surface area contributed by atoms with Crippen molar-refractivity contribution >= 4 is 11.6 Å². The van der Waals surface area contributed by atoms with Gasteiger partial charge in [0.2, 0.25) is 5.79 Å². The van der Waals surface area contributed by atoms with Crippen LogP contribution in [0.25, 0.3) is 0 Å². The number of alkyl halides is 1. The second kappa shape index (κ2) is 6.31. The topological polar surface area (TPSA) is 38.7 Å². The minimum absolute atomic E-state index is 0.275. The van der Waals surface area contributed by atoms with Crippen molar-refractivity contribution in [2.45, 2.75) is 18.3 Å². The summed E-state index contributed by atoms with van der Waals surface area (Å²) >= 11 is 5.60. The van der Waals surface area contributed by atoms with Crippen LogP contribution >= 0.6 is 11.6 Å². The van der Waals surface area contributed by atoms with Gasteiger partial charge in [-0.3, -0.25) is 0 Å². The van der Waals surface area contributed by atoms with Crippen LogP contribution in [-0.2, 0) is 15.3 Å². The molecule has 1 rings (SSSR count). The van der Waals surface area contributed by atoms with Crippen LogP contribution in [0.4, 0.5) is 4.39 Å². The lowest BCUT2D eigenvalue weighted by atomic mass is 9.98. The van der Waals surface area contributed by atoms with Gasteiger partial charge in [0.15, 0.2) is 0 Å². The Morgan fingerprint density at radius 3 is 2.24 bits per heavy atom. The number of benzene rings is 1. The maximum atomic E-state index is 12.9. The van der Waals surface area contributed by atoms with Gasteiger partial charge in [-0.15, -0.1) is 11.6 Å². The van der Waals surface area contributed by atoms with Crippen LogP contribution in [0.2, 0.25) is 0 Å². The molecule has 0 aromatic heterocycles. The molecule has 0 saturated heterocycles. The molecule has 0 aliphatic rings. The number of rotatable bonds is 6. The summed E-state index contributed by atoms with van der Waals surface area (Å²) in [5.74, 6) is -1.40. The molecule has 5 heteroatoms. The van der Waals surface area contributed by atoms with Gasteiger partial charge in [-0.1, -0.05) is 12.1 Å². The fourth-order valence-corrected chi connectivity index (χ4v) is 1.97. The van der Waals surface area contributed by atoms with Crippen molar-refractivity contribution in [3.63, 3.8) is 0 Å². The Morgan fingerprint density at radius 1 is 1.29 bits per heavy atom. The molecule has 96 valence electrons. The van der Waals surface area contributed by atoms with Crippen LogP contribution in [-0.4, -0.2) is 31.3 Å². The van der Waals surface area contributed by atoms with E-state index in [9.17, 15) is 9.50 Å². The summed E-state index contributed by atoms with van der Waals surface area (Å²) in [5, 5.41) is 10.1. The first-order valence-corrected chi connectivity index (χ1v) is 5.74. The lowest BCUT2D eigenvalue weighted by Crippen LogP contribution is -2.43. The van der Waals surface area contributed by atoms with E-state index in [1.165, 1.54) is 38.5 Å². The predicted octanol–water partition coefficient (Wildman–Crippen LogP) is 2.26. The molecule has 0 fully saturated rings. The number of hydrogen-bond donors (Lipinski definition) is 1. The molecular weight excluding hydrogens is 247 g/mol. The van der Waals surface area contributed by atoms with E-state index in [2.05, 4.69) is 0 Å². The molecule has 1 N–H and O–H groups in total. The highest BCUT2D eigenvalue weighted by Crippen LogP contribution is 2.31. The predicted molar refractivity (Wildman–Crippen MR) is 63.4 cm³/mol. The first kappa shape index (κ1) is 14.4. The first-order chi connectivity index (χ1) is 8.10. The molecule has 1 unspecified atom stereocenters. The smallest absolute Gasteiger partial charge is 0.221 e. The summed E-state index contributed by atoms with van der Waals surface area (Å²) in [6.45, 7) is 0. The Bertz CT molecular complexity index is 338. The molecule has 3 nitrogen and oxygen atoms in total. The van der Waals surface area contributed by atoms with Gasteiger partial charge in [-0.2, -0.15) is 0 Å². The average molecular weight is 263 g/mol. The van der Waals surface area contributed by atoms with Crippen LogP contribution in [0.3, 0.4) is 0 Å². The van der Waals surface area contributed by atoms with Crippen LogP contribution in [0, 0.1) is 5.82 Å². The lowest BCUT2D eigenvalue weighted by molar-refractivity contribution is -0.269. The van der Waals surface area contributed by atoms with Crippen molar-refractivity contribution in [1.29, 1.82) is 0 Å². The van der Waals surface area contributed by atoms with Gasteiger partial charge in [-0.25, -0.2) is 4.39 Å². The van der Waals surface area contributed by atoms with Crippen molar-refractivity contribution in [2.75, 3.05) is 20.1 Å². The summed E-state index contributed by atoms with van der Waals surface area (Å²) in [4.78, 5) is 0. The van der Waals surface area contributed by atoms with Gasteiger partial charge in [0.05, 0.1) is 0 Å². The number of aliphatic hydroxyl groups excluding tert-OH is 1. The second-order valence-electron chi connectivity index (χ2n) is 3.58. The largest absolute Gasteiger partial charge is 0.387 e. The maximum Gasteiger partial charge on any atom is 0.221 e. The van der Waals surface area contributed by atoms with Crippen molar-refractivity contribution < 1.29 is 19.0 Å². The molecule has 0 saturated carbocycles. The Labute approximate surface area is 105 Å². The van der Waals surface area contributed by atoms with E-state index in [-0.39, 0.29) is 11.7 Å². The zero-order chi connectivity index (χ0) is 12.9. The maximum absolute atomic E-state index is 12.9. The molecule has 17 heavy (non-hydrogen) atoms. The molecule has 0 radical (unpaired) electrons. The Morgan fingerprint density at radius 2 is 1.82 bits per heavy atom. The first-order valence-electron chi connectivity index (χ1n) is 5.21. The third-order valence-electron chi connectivity index (χ3n) is 2.67. The standard InChI is InChI=1S/C12H16ClFO3/c1-16-12(17-2,11(15)7-8-13)9-3-5-10(14)6-4-9/h3-6,11,15H,7-8H2,1-2H3. The molecule has 0 bridgehead atoms. The van der Waals surface area contributed by atoms with Gasteiger partial charge in [0, 0.05) is 25.7 Å². The average Bonchev–Trinajstić information content (AvgIpc) is 2.34. The Hall–Kier alpha value is -0.680. The van der Waals surface area contributed by atoms with Gasteiger partial charge in [0.25, 0.3) is 0 Å². The van der Waals surface area contributed by atoms with E-state index in [1.807, 2.05) is 0 Å². The number of hydrogen-bond acceptors (Lipinski definition) is 3. The van der Waals surface area contributed by atoms with Crippen LogP contribution in [0.15, 0.2) is 24.3 Å². The molecule has 0 aliphatic carbocycles. The van der Waals surface area contributed by atoms with Gasteiger partial charge >= 0.3 is 0 Å². The van der Waals surface area contributed by atoms with Crippen molar-refractivity contribution in [3.05, 3.63) is 35.6 Å². The van der Waals surface area contributed by atoms with E-state index >= 15 is 0 Å². The molecule has 1 aromatic rings. The van der Waals surface area contributed by atoms with E-state index in [4.69, 9.17) is 21.1 Å². The molecule has 1 atom stereocenters. The lowest BCUT2D eigenvalue weighted by Gasteiger charge is -2.35. The van der Waals surface area contributed by atoms with E-state index in [0.717, 1.165) is 0 Å². The summed E-state index contributed by atoms with van der Waals surface area (Å²) < 4.78 is 23.4. The molecule has 0 heterocycles. The number of ether oxygens (including phenoxy) is 2. The van der Waals surface area contributed by atoms with Crippen LogP contribution in [0.1, 0.15) is 12.0 Å². The minimum Gasteiger partial charge on any atom is -0.387 e. The third-order valence-corrected chi connectivity index (χ3v) is 2.89. The van der Waals surface area contributed by atoms with E-state index in [0.29, 0.717) is 12.0 Å². The summed E-state index contributed by atoms with van der Waals surface area (Å²) in [6, 6.07) is 5.60. The quantitative estimate of drug-likeness (QED) is 0.631. The summed E-state index contributed by atoms with van der Waals surface area (Å²) in [7, 11) is 2.84. The van der Waals surface area contributed by atoms with Gasteiger partial charge < -0.3 is 14.6 Å². The molecule has 1 aromatic carbocycles. The SMILES string of the molecule is COC(OC)(c1ccc(F)cc1)C(O)CCCl. The monoisotopic (exact) mass is 262 g/mol. The fraction of sp³-hybridized carbons (Fsp3) is 0.500. The number of halogens is 2. The van der Waals surface area contributed by atoms with Crippen molar-refractivity contribution in [1.82, 2.24) is 0 Å². The molecule has 0 spiro atoms. The van der Waals surface area contributed by atoms with Gasteiger partial charge in [-0.05, 0) is 18.6 Å². The highest BCUT2D eigenvalue weighted by Gasteiger charge is 2.40. The van der Waals surface area contributed by atoms with Crippen LogP contribution in [0.5, 0.6) is 0 Å². The van der Waals surface area contributed by atoms with Crippen LogP contribution < -0.4 is 0 Å². The highest BCUT2D eigenvalue weighted by molar-refractivity contribution is 6.17. The normalized spacial score (nSPS) is 13.7. The third kappa shape index (κ3) is 2.96.